The summed E-state index contributed by atoms with van der Waals surface area (Å²) in [6.45, 7) is 0.317. The third-order valence-corrected chi connectivity index (χ3v) is 8.33. The van der Waals surface area contributed by atoms with E-state index in [1.54, 1.807) is 24.3 Å². The first kappa shape index (κ1) is 30.4. The van der Waals surface area contributed by atoms with E-state index in [9.17, 15) is 31.5 Å². The number of amides is 2. The van der Waals surface area contributed by atoms with Crippen LogP contribution in [0.2, 0.25) is 0 Å². The van der Waals surface area contributed by atoms with Crippen LogP contribution in [0.4, 0.5) is 27.8 Å². The SMILES string of the molecule is O=C(Nc1cn2nc(-c3c(-c4ccc(F)cc4)nc(C4CC4)n3C3CCN(C(=O)CC(F)(F)F)CC3)ccc2n1)c1ccnc(F)c1. The number of nitrogens with one attached hydrogen (secondary N) is 1. The van der Waals surface area contributed by atoms with Crippen LogP contribution in [0.25, 0.3) is 28.3 Å². The van der Waals surface area contributed by atoms with E-state index in [0.717, 1.165) is 24.7 Å². The van der Waals surface area contributed by atoms with Crippen molar-refractivity contribution in [1.82, 2.24) is 34.0 Å². The van der Waals surface area contributed by atoms with E-state index in [2.05, 4.69) is 19.9 Å². The number of rotatable bonds is 7. The zero-order valence-electron chi connectivity index (χ0n) is 24.7. The van der Waals surface area contributed by atoms with Gasteiger partial charge >= 0.3 is 6.18 Å². The number of pyridine rings is 1. The number of carbonyl (C=O) groups is 2. The van der Waals surface area contributed by atoms with Crippen LogP contribution in [0.5, 0.6) is 0 Å². The van der Waals surface area contributed by atoms with E-state index >= 15 is 0 Å². The van der Waals surface area contributed by atoms with Gasteiger partial charge in [0.2, 0.25) is 11.9 Å². The Bertz CT molecular complexity index is 1980. The number of nitrogens with zero attached hydrogens (tertiary/aromatic N) is 7. The normalized spacial score (nSPS) is 15.7. The van der Waals surface area contributed by atoms with E-state index in [4.69, 9.17) is 10.1 Å². The van der Waals surface area contributed by atoms with Crippen LogP contribution in [-0.2, 0) is 4.79 Å². The Morgan fingerprint density at radius 2 is 1.68 bits per heavy atom. The number of halogens is 5. The van der Waals surface area contributed by atoms with E-state index in [1.165, 1.54) is 40.0 Å². The molecule has 7 rings (SSSR count). The van der Waals surface area contributed by atoms with Crippen LogP contribution < -0.4 is 5.32 Å². The van der Waals surface area contributed by atoms with Gasteiger partial charge in [-0.05, 0) is 68.1 Å². The van der Waals surface area contributed by atoms with E-state index in [-0.39, 0.29) is 36.4 Å². The van der Waals surface area contributed by atoms with Crippen molar-refractivity contribution in [3.63, 3.8) is 0 Å². The number of fused-ring (bicyclic) bond motifs is 1. The van der Waals surface area contributed by atoms with Crippen LogP contribution in [0.3, 0.4) is 0 Å². The number of imidazole rings is 2. The number of carbonyl (C=O) groups excluding carboxylic acids is 2. The molecule has 1 aliphatic carbocycles. The average molecular weight is 651 g/mol. The molecular weight excluding hydrogens is 623 g/mol. The number of piperidine rings is 1. The molecule has 0 bridgehead atoms. The van der Waals surface area contributed by atoms with Crippen molar-refractivity contribution < 1.29 is 31.5 Å². The van der Waals surface area contributed by atoms with Gasteiger partial charge in [0.15, 0.2) is 11.5 Å². The van der Waals surface area contributed by atoms with Crippen molar-refractivity contribution in [1.29, 1.82) is 0 Å². The number of aromatic nitrogens is 6. The molecule has 0 spiro atoms. The quantitative estimate of drug-likeness (QED) is 0.167. The second-order valence-electron chi connectivity index (χ2n) is 11.7. The minimum Gasteiger partial charge on any atom is -0.342 e. The lowest BCUT2D eigenvalue weighted by Gasteiger charge is -2.34. The summed E-state index contributed by atoms with van der Waals surface area (Å²) >= 11 is 0. The molecule has 47 heavy (non-hydrogen) atoms. The minimum absolute atomic E-state index is 0.0646. The van der Waals surface area contributed by atoms with Crippen LogP contribution in [-0.4, -0.2) is 65.1 Å². The Morgan fingerprint density at radius 3 is 2.36 bits per heavy atom. The molecule has 0 unspecified atom stereocenters. The third-order valence-electron chi connectivity index (χ3n) is 8.33. The Kier molecular flexibility index (Phi) is 7.68. The van der Waals surface area contributed by atoms with Crippen molar-refractivity contribution in [3.05, 3.63) is 84.1 Å². The molecular formula is C32H27F5N8O2. The van der Waals surface area contributed by atoms with Gasteiger partial charge in [-0.15, -0.1) is 0 Å². The summed E-state index contributed by atoms with van der Waals surface area (Å²) < 4.78 is 69.8. The molecule has 2 aliphatic rings. The van der Waals surface area contributed by atoms with Crippen LogP contribution in [0.15, 0.2) is 60.9 Å². The van der Waals surface area contributed by atoms with Crippen molar-refractivity contribution in [2.24, 2.45) is 0 Å². The molecule has 242 valence electrons. The third kappa shape index (κ3) is 6.42. The molecule has 10 nitrogen and oxygen atoms in total. The maximum absolute atomic E-state index is 13.9. The highest BCUT2D eigenvalue weighted by atomic mass is 19.4. The summed E-state index contributed by atoms with van der Waals surface area (Å²) in [7, 11) is 0. The molecule has 15 heteroatoms. The molecule has 2 amide bonds. The predicted octanol–water partition coefficient (Wildman–Crippen LogP) is 6.18. The minimum atomic E-state index is -4.58. The molecule has 1 saturated carbocycles. The largest absolute Gasteiger partial charge is 0.397 e. The van der Waals surface area contributed by atoms with Gasteiger partial charge in [0.25, 0.3) is 5.91 Å². The number of alkyl halides is 3. The Labute approximate surface area is 264 Å². The molecule has 5 heterocycles. The molecule has 1 aliphatic heterocycles. The summed E-state index contributed by atoms with van der Waals surface area (Å²) in [6.07, 6.45) is -0.716. The van der Waals surface area contributed by atoms with Crippen LogP contribution >= 0.6 is 0 Å². The van der Waals surface area contributed by atoms with Gasteiger partial charge in [-0.2, -0.15) is 22.7 Å². The first-order chi connectivity index (χ1) is 22.5. The maximum Gasteiger partial charge on any atom is 0.397 e. The van der Waals surface area contributed by atoms with E-state index < -0.39 is 36.2 Å². The van der Waals surface area contributed by atoms with Crippen LogP contribution in [0, 0.1) is 11.8 Å². The number of likely N-dealkylation sites (tertiary alicyclic amines) is 1. The van der Waals surface area contributed by atoms with Gasteiger partial charge in [-0.1, -0.05) is 0 Å². The van der Waals surface area contributed by atoms with E-state index in [1.807, 2.05) is 0 Å². The molecule has 1 N–H and O–H groups in total. The number of hydrogen-bond acceptors (Lipinski definition) is 6. The Morgan fingerprint density at radius 1 is 0.936 bits per heavy atom. The van der Waals surface area contributed by atoms with Gasteiger partial charge in [-0.25, -0.2) is 23.9 Å². The van der Waals surface area contributed by atoms with Crippen molar-refractivity contribution in [2.45, 2.75) is 50.2 Å². The molecule has 0 atom stereocenters. The molecule has 4 aromatic heterocycles. The van der Waals surface area contributed by atoms with Gasteiger partial charge in [0, 0.05) is 48.4 Å². The fourth-order valence-corrected chi connectivity index (χ4v) is 5.96. The molecule has 1 saturated heterocycles. The molecule has 2 fully saturated rings. The van der Waals surface area contributed by atoms with Gasteiger partial charge in [-0.3, -0.25) is 9.59 Å². The van der Waals surface area contributed by atoms with E-state index in [0.29, 0.717) is 41.1 Å². The lowest BCUT2D eigenvalue weighted by atomic mass is 10.0. The molecule has 0 radical (unpaired) electrons. The number of anilines is 1. The summed E-state index contributed by atoms with van der Waals surface area (Å²) in [4.78, 5) is 39.2. The first-order valence-electron chi connectivity index (χ1n) is 15.0. The van der Waals surface area contributed by atoms with Gasteiger partial charge < -0.3 is 14.8 Å². The molecule has 5 aromatic rings. The standard InChI is InChI=1S/C32H27F5N8O2/c33-21-5-3-18(4-6-21)28-29(23-7-8-26-39-25(17-44(26)42-23)40-31(47)20-9-12-38-24(34)15-20)45(30(41-28)19-1-2-19)22-10-13-43(14-11-22)27(46)16-32(35,36)37/h3-9,12,15,17,19,22H,1-2,10-11,13-14,16H2,(H,40,47). The fourth-order valence-electron chi connectivity index (χ4n) is 5.96. The van der Waals surface area contributed by atoms with Gasteiger partial charge in [0.05, 0.1) is 17.6 Å². The van der Waals surface area contributed by atoms with Gasteiger partial charge in [0.1, 0.15) is 23.8 Å². The smallest absolute Gasteiger partial charge is 0.342 e. The fraction of sp³-hybridized carbons (Fsp3) is 0.312. The number of hydrogen-bond donors (Lipinski definition) is 1. The summed E-state index contributed by atoms with van der Waals surface area (Å²) in [6, 6.07) is 11.6. The highest BCUT2D eigenvalue weighted by Crippen LogP contribution is 2.46. The van der Waals surface area contributed by atoms with Crippen molar-refractivity contribution in [3.8, 4) is 22.6 Å². The topological polar surface area (TPSA) is 110 Å². The van der Waals surface area contributed by atoms with Crippen LogP contribution in [0.1, 0.15) is 60.2 Å². The molecule has 1 aromatic carbocycles. The highest BCUT2D eigenvalue weighted by Gasteiger charge is 2.38. The highest BCUT2D eigenvalue weighted by molar-refractivity contribution is 6.03. The monoisotopic (exact) mass is 650 g/mol. The summed E-state index contributed by atoms with van der Waals surface area (Å²) in [5.74, 6) is -1.57. The maximum atomic E-state index is 13.9. The second-order valence-corrected chi connectivity index (χ2v) is 11.7. The lowest BCUT2D eigenvalue weighted by molar-refractivity contribution is -0.162. The zero-order valence-corrected chi connectivity index (χ0v) is 24.7. The predicted molar refractivity (Wildman–Crippen MR) is 159 cm³/mol. The Hall–Kier alpha value is -5.21. The summed E-state index contributed by atoms with van der Waals surface area (Å²) in [5.41, 5.74) is 2.85. The summed E-state index contributed by atoms with van der Waals surface area (Å²) in [5, 5.41) is 7.44. The zero-order chi connectivity index (χ0) is 32.9. The lowest BCUT2D eigenvalue weighted by Crippen LogP contribution is -2.41. The Balaban J connectivity index is 1.26. The van der Waals surface area contributed by atoms with Crippen molar-refractivity contribution >= 4 is 23.3 Å². The second kappa shape index (κ2) is 11.9. The first-order valence-corrected chi connectivity index (χ1v) is 15.0. The number of benzene rings is 1. The van der Waals surface area contributed by atoms with Crippen molar-refractivity contribution in [2.75, 3.05) is 18.4 Å². The average Bonchev–Trinajstić information content (AvgIpc) is 3.69.